The average molecular weight is 305 g/mol. The maximum Gasteiger partial charge on any atom is 0.255 e. The molecule has 1 aliphatic carbocycles. The van der Waals surface area contributed by atoms with Crippen LogP contribution in [0.25, 0.3) is 0 Å². The standard InChI is InChI=1S/C16H16FNO4/c17-11-7-9(19)5-6-12(11)18-16(21)10-8-22-14-4-2-1-3-13(20)15(10)14/h5-8,14-15,19H,1-4H2,(H,18,21). The zero-order valence-corrected chi connectivity index (χ0v) is 11.8. The van der Waals surface area contributed by atoms with E-state index in [9.17, 15) is 19.1 Å². The van der Waals surface area contributed by atoms with Gasteiger partial charge in [0.1, 0.15) is 23.5 Å². The summed E-state index contributed by atoms with van der Waals surface area (Å²) in [7, 11) is 0. The van der Waals surface area contributed by atoms with Gasteiger partial charge in [0.2, 0.25) is 0 Å². The lowest BCUT2D eigenvalue weighted by Gasteiger charge is -2.17. The smallest absolute Gasteiger partial charge is 0.255 e. The molecule has 0 radical (unpaired) electrons. The van der Waals surface area contributed by atoms with Crippen LogP contribution in [0, 0.1) is 11.7 Å². The molecule has 2 atom stereocenters. The van der Waals surface area contributed by atoms with Gasteiger partial charge in [-0.15, -0.1) is 0 Å². The lowest BCUT2D eigenvalue weighted by Crippen LogP contribution is -2.30. The number of hydrogen-bond acceptors (Lipinski definition) is 4. The van der Waals surface area contributed by atoms with Crippen LogP contribution in [0.3, 0.4) is 0 Å². The molecule has 2 aliphatic rings. The molecule has 2 unspecified atom stereocenters. The van der Waals surface area contributed by atoms with Crippen LogP contribution in [0.5, 0.6) is 5.75 Å². The number of hydrogen-bond donors (Lipinski definition) is 2. The Kier molecular flexibility index (Phi) is 3.83. The highest BCUT2D eigenvalue weighted by Crippen LogP contribution is 2.34. The first-order valence-corrected chi connectivity index (χ1v) is 7.24. The van der Waals surface area contributed by atoms with Crippen molar-refractivity contribution in [3.8, 4) is 5.75 Å². The minimum Gasteiger partial charge on any atom is -0.508 e. The van der Waals surface area contributed by atoms with Crippen molar-refractivity contribution < 1.29 is 23.8 Å². The summed E-state index contributed by atoms with van der Waals surface area (Å²) in [5.41, 5.74) is 0.192. The molecule has 6 heteroatoms. The molecular weight excluding hydrogens is 289 g/mol. The van der Waals surface area contributed by atoms with Crippen LogP contribution in [0.1, 0.15) is 25.7 Å². The number of ether oxygens (including phenoxy) is 1. The predicted molar refractivity (Wildman–Crippen MR) is 76.6 cm³/mol. The Hall–Kier alpha value is -2.37. The highest BCUT2D eigenvalue weighted by molar-refractivity contribution is 6.08. The Labute approximate surface area is 126 Å². The third kappa shape index (κ3) is 2.68. The van der Waals surface area contributed by atoms with Crippen molar-refractivity contribution in [3.05, 3.63) is 35.9 Å². The number of halogens is 1. The van der Waals surface area contributed by atoms with E-state index in [2.05, 4.69) is 5.32 Å². The number of aromatic hydroxyl groups is 1. The van der Waals surface area contributed by atoms with Crippen LogP contribution in [0.2, 0.25) is 0 Å². The van der Waals surface area contributed by atoms with E-state index in [-0.39, 0.29) is 28.9 Å². The number of rotatable bonds is 2. The van der Waals surface area contributed by atoms with Crippen LogP contribution >= 0.6 is 0 Å². The third-order valence-electron chi connectivity index (χ3n) is 4.05. The normalized spacial score (nSPS) is 24.0. The monoisotopic (exact) mass is 305 g/mol. The number of ketones is 1. The minimum atomic E-state index is -0.739. The Morgan fingerprint density at radius 1 is 1.36 bits per heavy atom. The topological polar surface area (TPSA) is 75.6 Å². The Morgan fingerprint density at radius 2 is 2.18 bits per heavy atom. The molecule has 2 N–H and O–H groups in total. The highest BCUT2D eigenvalue weighted by atomic mass is 19.1. The first-order valence-electron chi connectivity index (χ1n) is 7.24. The van der Waals surface area contributed by atoms with Crippen molar-refractivity contribution in [2.45, 2.75) is 31.8 Å². The number of carbonyl (C=O) groups is 2. The Bertz CT molecular complexity index is 656. The third-order valence-corrected chi connectivity index (χ3v) is 4.05. The van der Waals surface area contributed by atoms with E-state index in [1.165, 1.54) is 18.4 Å². The maximum atomic E-state index is 13.7. The molecule has 1 fully saturated rings. The number of phenols is 1. The number of amides is 1. The molecule has 1 saturated carbocycles. The van der Waals surface area contributed by atoms with E-state index in [0.717, 1.165) is 25.3 Å². The molecule has 1 heterocycles. The first kappa shape index (κ1) is 14.6. The van der Waals surface area contributed by atoms with E-state index in [0.29, 0.717) is 6.42 Å². The molecule has 0 spiro atoms. The SMILES string of the molecule is O=C(Nc1ccc(O)cc1F)C1=COC2CCCCC(=O)C12. The molecule has 1 aromatic rings. The minimum absolute atomic E-state index is 0.00687. The van der Waals surface area contributed by atoms with Gasteiger partial charge in [-0.25, -0.2) is 4.39 Å². The average Bonchev–Trinajstić information content (AvgIpc) is 2.82. The highest BCUT2D eigenvalue weighted by Gasteiger charge is 2.41. The van der Waals surface area contributed by atoms with Gasteiger partial charge >= 0.3 is 0 Å². The van der Waals surface area contributed by atoms with Gasteiger partial charge in [-0.05, 0) is 31.4 Å². The van der Waals surface area contributed by atoms with Crippen LogP contribution in [0.15, 0.2) is 30.0 Å². The number of anilines is 1. The van der Waals surface area contributed by atoms with Crippen LogP contribution in [-0.2, 0) is 14.3 Å². The van der Waals surface area contributed by atoms with Crippen molar-refractivity contribution in [3.63, 3.8) is 0 Å². The number of carbonyl (C=O) groups excluding carboxylic acids is 2. The van der Waals surface area contributed by atoms with Gasteiger partial charge in [0.05, 0.1) is 23.4 Å². The van der Waals surface area contributed by atoms with Gasteiger partial charge in [-0.2, -0.15) is 0 Å². The van der Waals surface area contributed by atoms with E-state index in [4.69, 9.17) is 4.74 Å². The fraction of sp³-hybridized carbons (Fsp3) is 0.375. The summed E-state index contributed by atoms with van der Waals surface area (Å²) in [5.74, 6) is -2.09. The molecular formula is C16H16FNO4. The quantitative estimate of drug-likeness (QED) is 0.823. The Morgan fingerprint density at radius 3 is 2.95 bits per heavy atom. The summed E-state index contributed by atoms with van der Waals surface area (Å²) in [6, 6.07) is 3.46. The van der Waals surface area contributed by atoms with Gasteiger partial charge < -0.3 is 15.2 Å². The van der Waals surface area contributed by atoms with E-state index >= 15 is 0 Å². The number of benzene rings is 1. The van der Waals surface area contributed by atoms with Crippen molar-refractivity contribution in [2.24, 2.45) is 5.92 Å². The summed E-state index contributed by atoms with van der Waals surface area (Å²) < 4.78 is 19.1. The van der Waals surface area contributed by atoms with Crippen molar-refractivity contribution >= 4 is 17.4 Å². The molecule has 116 valence electrons. The zero-order valence-electron chi connectivity index (χ0n) is 11.8. The van der Waals surface area contributed by atoms with Crippen LogP contribution < -0.4 is 5.32 Å². The summed E-state index contributed by atoms with van der Waals surface area (Å²) in [4.78, 5) is 24.5. The van der Waals surface area contributed by atoms with E-state index in [1.807, 2.05) is 0 Å². The van der Waals surface area contributed by atoms with E-state index in [1.54, 1.807) is 0 Å². The number of Topliss-reactive ketones (excluding diaryl/α,β-unsaturated/α-hetero) is 1. The largest absolute Gasteiger partial charge is 0.508 e. The first-order chi connectivity index (χ1) is 10.6. The summed E-state index contributed by atoms with van der Waals surface area (Å²) in [6.45, 7) is 0. The van der Waals surface area contributed by atoms with Crippen molar-refractivity contribution in [2.75, 3.05) is 5.32 Å². The molecule has 1 amide bonds. The van der Waals surface area contributed by atoms with Crippen molar-refractivity contribution in [1.82, 2.24) is 0 Å². The predicted octanol–water partition coefficient (Wildman–Crippen LogP) is 2.51. The lowest BCUT2D eigenvalue weighted by molar-refractivity contribution is -0.125. The van der Waals surface area contributed by atoms with Gasteiger partial charge in [0, 0.05) is 12.5 Å². The molecule has 22 heavy (non-hydrogen) atoms. The number of phenolic OH excluding ortho intramolecular Hbond substituents is 1. The second-order valence-electron chi connectivity index (χ2n) is 5.56. The second-order valence-corrected chi connectivity index (χ2v) is 5.56. The zero-order chi connectivity index (χ0) is 15.7. The molecule has 0 saturated heterocycles. The maximum absolute atomic E-state index is 13.7. The van der Waals surface area contributed by atoms with Gasteiger partial charge in [-0.1, -0.05) is 0 Å². The molecule has 0 aromatic heterocycles. The van der Waals surface area contributed by atoms with Crippen LogP contribution in [0.4, 0.5) is 10.1 Å². The van der Waals surface area contributed by atoms with Crippen molar-refractivity contribution in [1.29, 1.82) is 0 Å². The molecule has 1 aliphatic heterocycles. The van der Waals surface area contributed by atoms with Crippen LogP contribution in [-0.4, -0.2) is 22.9 Å². The van der Waals surface area contributed by atoms with Gasteiger partial charge in [-0.3, -0.25) is 9.59 Å². The van der Waals surface area contributed by atoms with E-state index < -0.39 is 17.6 Å². The number of nitrogens with one attached hydrogen (secondary N) is 1. The van der Waals surface area contributed by atoms with Gasteiger partial charge in [0.15, 0.2) is 0 Å². The number of fused-ring (bicyclic) bond motifs is 1. The van der Waals surface area contributed by atoms with Gasteiger partial charge in [0.25, 0.3) is 5.91 Å². The fourth-order valence-electron chi connectivity index (χ4n) is 2.92. The Balaban J connectivity index is 1.78. The molecule has 1 aromatic carbocycles. The molecule has 0 bridgehead atoms. The molecule has 5 nitrogen and oxygen atoms in total. The fourth-order valence-corrected chi connectivity index (χ4v) is 2.92. The summed E-state index contributed by atoms with van der Waals surface area (Å²) >= 11 is 0. The summed E-state index contributed by atoms with van der Waals surface area (Å²) in [6.07, 6.45) is 3.88. The second kappa shape index (κ2) is 5.79. The lowest BCUT2D eigenvalue weighted by atomic mass is 9.90. The summed E-state index contributed by atoms with van der Waals surface area (Å²) in [5, 5.41) is 11.6. The molecule has 3 rings (SSSR count).